The lowest BCUT2D eigenvalue weighted by molar-refractivity contribution is -0.142. The fraction of sp³-hybridized carbons (Fsp3) is 0.381. The number of aliphatic carboxylic acids is 1. The Balaban J connectivity index is 1.19. The zero-order valence-electron chi connectivity index (χ0n) is 29.0. The Labute approximate surface area is 287 Å². The number of esters is 1. The summed E-state index contributed by atoms with van der Waals surface area (Å²) in [5.74, 6) is -0.0521. The number of carboxylic acid groups (broad SMARTS) is 1. The monoisotopic (exact) mass is 665 g/mol. The Morgan fingerprint density at radius 2 is 1.25 bits per heavy atom. The molecule has 0 saturated carbocycles. The number of ether oxygens (including phenoxy) is 2. The van der Waals surface area contributed by atoms with Crippen molar-refractivity contribution in [3.63, 3.8) is 0 Å². The number of hydrogen-bond donors (Lipinski definition) is 1. The van der Waals surface area contributed by atoms with Crippen LogP contribution >= 0.6 is 7.26 Å². The van der Waals surface area contributed by atoms with Crippen molar-refractivity contribution in [3.05, 3.63) is 113 Å². The van der Waals surface area contributed by atoms with E-state index in [9.17, 15) is 9.59 Å². The van der Waals surface area contributed by atoms with E-state index in [0.29, 0.717) is 5.75 Å². The van der Waals surface area contributed by atoms with E-state index in [1.807, 2.05) is 20.8 Å². The van der Waals surface area contributed by atoms with Crippen molar-refractivity contribution in [1.29, 1.82) is 0 Å². The normalized spacial score (nSPS) is 15.8. The fourth-order valence-electron chi connectivity index (χ4n) is 7.24. The molecule has 0 saturated heterocycles. The van der Waals surface area contributed by atoms with Gasteiger partial charge in [0.1, 0.15) is 40.3 Å². The zero-order chi connectivity index (χ0) is 34.1. The van der Waals surface area contributed by atoms with Crippen LogP contribution in [0.15, 0.2) is 91.0 Å². The van der Waals surface area contributed by atoms with E-state index in [2.05, 4.69) is 97.9 Å². The van der Waals surface area contributed by atoms with Gasteiger partial charge in [-0.1, -0.05) is 67.4 Å². The Kier molecular flexibility index (Phi) is 11.8. The number of carbonyl (C=O) groups excluding carboxylic acids is 1. The molecule has 252 valence electrons. The predicted octanol–water partition coefficient (Wildman–Crippen LogP) is 8.80. The van der Waals surface area contributed by atoms with Crippen molar-refractivity contribution in [2.45, 2.75) is 97.5 Å². The molecule has 0 bridgehead atoms. The molecule has 1 aliphatic rings. The lowest BCUT2D eigenvalue weighted by Crippen LogP contribution is -2.37. The second-order valence-electron chi connectivity index (χ2n) is 13.5. The average molecular weight is 666 g/mol. The minimum absolute atomic E-state index is 0.144. The van der Waals surface area contributed by atoms with E-state index in [-0.39, 0.29) is 18.4 Å². The number of fused-ring (bicyclic) bond motifs is 1. The molecule has 4 aromatic rings. The molecule has 0 spiro atoms. The first-order chi connectivity index (χ1) is 23.1. The zero-order valence-corrected chi connectivity index (χ0v) is 29.9. The van der Waals surface area contributed by atoms with Gasteiger partial charge in [0, 0.05) is 5.56 Å². The SMILES string of the molecule is Cc1c(C)c2c(c(C)c1OC(=O)CCC(=O)O)CCC(C)(CCCCCCC[P+](c1ccccc1)(c1ccccc1)c1ccccc1)O2. The molecule has 1 unspecified atom stereocenters. The fourth-order valence-corrected chi connectivity index (χ4v) is 11.7. The van der Waals surface area contributed by atoms with Gasteiger partial charge in [0.25, 0.3) is 0 Å². The van der Waals surface area contributed by atoms with Gasteiger partial charge in [0.2, 0.25) is 0 Å². The third kappa shape index (κ3) is 8.01. The smallest absolute Gasteiger partial charge is 0.311 e. The van der Waals surface area contributed by atoms with Crippen LogP contribution in [0.25, 0.3) is 0 Å². The Bertz CT molecular complexity index is 1590. The molecule has 1 N–H and O–H groups in total. The lowest BCUT2D eigenvalue weighted by atomic mass is 9.84. The molecule has 0 aliphatic carbocycles. The van der Waals surface area contributed by atoms with Crippen LogP contribution < -0.4 is 25.4 Å². The molecule has 0 amide bonds. The minimum atomic E-state index is -1.78. The van der Waals surface area contributed by atoms with Gasteiger partial charge in [-0.05, 0) is 119 Å². The van der Waals surface area contributed by atoms with Crippen LogP contribution in [-0.4, -0.2) is 28.8 Å². The summed E-state index contributed by atoms with van der Waals surface area (Å²) in [6.45, 7) is 8.18. The van der Waals surface area contributed by atoms with Crippen LogP contribution in [0.1, 0.15) is 87.0 Å². The maximum absolute atomic E-state index is 12.3. The first kappa shape index (κ1) is 35.4. The highest BCUT2D eigenvalue weighted by atomic mass is 31.2. The van der Waals surface area contributed by atoms with Gasteiger partial charge < -0.3 is 14.6 Å². The van der Waals surface area contributed by atoms with Gasteiger partial charge in [0.05, 0.1) is 19.0 Å². The molecule has 0 radical (unpaired) electrons. The second-order valence-corrected chi connectivity index (χ2v) is 17.1. The van der Waals surface area contributed by atoms with Gasteiger partial charge in [-0.25, -0.2) is 0 Å². The second kappa shape index (κ2) is 16.0. The molecule has 48 heavy (non-hydrogen) atoms. The molecule has 5 rings (SSSR count). The number of unbranched alkanes of at least 4 members (excludes halogenated alkanes) is 4. The van der Waals surface area contributed by atoms with Gasteiger partial charge >= 0.3 is 11.9 Å². The van der Waals surface area contributed by atoms with E-state index < -0.39 is 19.2 Å². The standard InChI is InChI=1S/C42H49O5P/c1-31-32(2)41-37(33(3)40(31)46-39(45)26-25-38(43)44)27-29-42(4,47-41)28-17-6-5-7-18-30-48(34-19-11-8-12-20-34,35-21-13-9-14-22-35)36-23-15-10-16-24-36/h8-16,19-24H,5-7,17-18,25-30H2,1-4H3/p+1. The molecule has 0 aromatic heterocycles. The maximum atomic E-state index is 12.3. The van der Waals surface area contributed by atoms with Crippen LogP contribution in [0.5, 0.6) is 11.5 Å². The molecule has 1 aliphatic heterocycles. The van der Waals surface area contributed by atoms with Crippen LogP contribution in [0, 0.1) is 20.8 Å². The third-order valence-electron chi connectivity index (χ3n) is 10.1. The summed E-state index contributed by atoms with van der Waals surface area (Å²) < 4.78 is 12.4. The van der Waals surface area contributed by atoms with Crippen LogP contribution in [0.2, 0.25) is 0 Å². The number of carboxylic acids is 1. The average Bonchev–Trinajstić information content (AvgIpc) is 3.10. The summed E-state index contributed by atoms with van der Waals surface area (Å²) >= 11 is 0. The van der Waals surface area contributed by atoms with Gasteiger partial charge in [-0.15, -0.1) is 0 Å². The Morgan fingerprint density at radius 1 is 0.729 bits per heavy atom. The van der Waals surface area contributed by atoms with E-state index in [4.69, 9.17) is 14.6 Å². The summed E-state index contributed by atoms with van der Waals surface area (Å²) in [4.78, 5) is 23.2. The first-order valence-electron chi connectivity index (χ1n) is 17.4. The van der Waals surface area contributed by atoms with Crippen molar-refractivity contribution in [3.8, 4) is 11.5 Å². The van der Waals surface area contributed by atoms with Crippen molar-refractivity contribution in [1.82, 2.24) is 0 Å². The molecular formula is C42H50O5P+. The van der Waals surface area contributed by atoms with E-state index in [0.717, 1.165) is 59.8 Å². The van der Waals surface area contributed by atoms with Crippen molar-refractivity contribution < 1.29 is 24.2 Å². The Hall–Kier alpha value is -3.95. The summed E-state index contributed by atoms with van der Waals surface area (Å²) in [5.41, 5.74) is 3.65. The van der Waals surface area contributed by atoms with E-state index >= 15 is 0 Å². The van der Waals surface area contributed by atoms with Crippen molar-refractivity contribution in [2.75, 3.05) is 6.16 Å². The summed E-state index contributed by atoms with van der Waals surface area (Å²) in [7, 11) is -1.78. The molecule has 1 atom stereocenters. The summed E-state index contributed by atoms with van der Waals surface area (Å²) in [6.07, 6.45) is 9.47. The minimum Gasteiger partial charge on any atom is -0.487 e. The van der Waals surface area contributed by atoms with Crippen molar-refractivity contribution >= 4 is 35.1 Å². The number of benzene rings is 4. The predicted molar refractivity (Wildman–Crippen MR) is 198 cm³/mol. The molecule has 0 fully saturated rings. The van der Waals surface area contributed by atoms with Crippen LogP contribution in [0.3, 0.4) is 0 Å². The summed E-state index contributed by atoms with van der Waals surface area (Å²) in [5, 5.41) is 13.3. The third-order valence-corrected chi connectivity index (χ3v) is 14.6. The Morgan fingerprint density at radius 3 is 1.79 bits per heavy atom. The quantitative estimate of drug-likeness (QED) is 0.0595. The number of rotatable bonds is 15. The molecule has 5 nitrogen and oxygen atoms in total. The largest absolute Gasteiger partial charge is 0.487 e. The van der Waals surface area contributed by atoms with Crippen LogP contribution in [-0.2, 0) is 16.0 Å². The highest BCUT2D eigenvalue weighted by Crippen LogP contribution is 2.56. The molecular weight excluding hydrogens is 615 g/mol. The summed E-state index contributed by atoms with van der Waals surface area (Å²) in [6, 6.07) is 33.5. The lowest BCUT2D eigenvalue weighted by Gasteiger charge is -2.38. The van der Waals surface area contributed by atoms with E-state index in [1.165, 1.54) is 41.6 Å². The van der Waals surface area contributed by atoms with E-state index in [1.54, 1.807) is 0 Å². The maximum Gasteiger partial charge on any atom is 0.311 e. The van der Waals surface area contributed by atoms with Gasteiger partial charge in [-0.2, -0.15) is 0 Å². The molecule has 4 aromatic carbocycles. The molecule has 6 heteroatoms. The van der Waals surface area contributed by atoms with Gasteiger partial charge in [-0.3, -0.25) is 9.59 Å². The highest BCUT2D eigenvalue weighted by Gasteiger charge is 2.44. The first-order valence-corrected chi connectivity index (χ1v) is 19.4. The number of carbonyl (C=O) groups is 2. The highest BCUT2D eigenvalue weighted by molar-refractivity contribution is 7.95. The topological polar surface area (TPSA) is 72.8 Å². The number of hydrogen-bond acceptors (Lipinski definition) is 4. The van der Waals surface area contributed by atoms with Crippen molar-refractivity contribution in [2.24, 2.45) is 0 Å². The van der Waals surface area contributed by atoms with Gasteiger partial charge in [0.15, 0.2) is 0 Å². The molecule has 1 heterocycles. The van der Waals surface area contributed by atoms with Crippen LogP contribution in [0.4, 0.5) is 0 Å².